The Morgan fingerprint density at radius 3 is 2.75 bits per heavy atom. The molecule has 0 aliphatic heterocycles. The number of hydrogen-bond donors (Lipinski definition) is 1. The topological polar surface area (TPSA) is 20.2 Å². The molecule has 1 atom stereocenters. The van der Waals surface area contributed by atoms with Gasteiger partial charge in [0.15, 0.2) is 0 Å². The minimum Gasteiger partial charge on any atom is -0.396 e. The van der Waals surface area contributed by atoms with Crippen LogP contribution in [0.5, 0.6) is 0 Å². The van der Waals surface area contributed by atoms with Crippen LogP contribution < -0.4 is 0 Å². The van der Waals surface area contributed by atoms with Gasteiger partial charge in [-0.25, -0.2) is 0 Å². The summed E-state index contributed by atoms with van der Waals surface area (Å²) in [6, 6.07) is 0. The van der Waals surface area contributed by atoms with E-state index in [2.05, 4.69) is 12.2 Å². The molecule has 0 saturated heterocycles. The maximum absolute atomic E-state index is 8.66. The monoisotopic (exact) mass is 112 g/mol. The lowest BCUT2D eigenvalue weighted by Crippen LogP contribution is -2.06. The molecule has 0 aromatic heterocycles. The molecule has 1 aliphatic rings. The van der Waals surface area contributed by atoms with Crippen molar-refractivity contribution in [1.82, 2.24) is 0 Å². The summed E-state index contributed by atoms with van der Waals surface area (Å²) in [6.45, 7) is 0.365. The average Bonchev–Trinajstić information content (AvgIpc) is 1.90. The van der Waals surface area contributed by atoms with Gasteiger partial charge in [-0.15, -0.1) is 0 Å². The van der Waals surface area contributed by atoms with Gasteiger partial charge in [0, 0.05) is 6.61 Å². The molecule has 0 aromatic carbocycles. The van der Waals surface area contributed by atoms with E-state index in [0.29, 0.717) is 12.5 Å². The molecule has 1 heteroatoms. The Bertz CT molecular complexity index is 86.4. The summed E-state index contributed by atoms with van der Waals surface area (Å²) >= 11 is 0. The highest BCUT2D eigenvalue weighted by Gasteiger charge is 2.06. The van der Waals surface area contributed by atoms with Crippen LogP contribution in [0.3, 0.4) is 0 Å². The Morgan fingerprint density at radius 2 is 2.38 bits per heavy atom. The first-order valence-electron chi connectivity index (χ1n) is 3.19. The zero-order valence-corrected chi connectivity index (χ0v) is 5.01. The molecule has 1 nitrogen and oxygen atoms in total. The largest absolute Gasteiger partial charge is 0.396 e. The van der Waals surface area contributed by atoms with Crippen molar-refractivity contribution in [2.24, 2.45) is 5.92 Å². The van der Waals surface area contributed by atoms with E-state index in [1.54, 1.807) is 0 Å². The maximum Gasteiger partial charge on any atom is 0.0462 e. The van der Waals surface area contributed by atoms with Gasteiger partial charge < -0.3 is 5.11 Å². The van der Waals surface area contributed by atoms with Crippen molar-refractivity contribution in [2.75, 3.05) is 6.61 Å². The molecule has 1 aliphatic carbocycles. The van der Waals surface area contributed by atoms with Gasteiger partial charge in [-0.05, 0) is 25.2 Å². The van der Waals surface area contributed by atoms with E-state index in [9.17, 15) is 0 Å². The Labute approximate surface area is 50.0 Å². The van der Waals surface area contributed by atoms with Crippen molar-refractivity contribution in [1.29, 1.82) is 0 Å². The van der Waals surface area contributed by atoms with Crippen LogP contribution in [0.1, 0.15) is 19.3 Å². The van der Waals surface area contributed by atoms with Gasteiger partial charge in [0.25, 0.3) is 0 Å². The maximum atomic E-state index is 8.66. The zero-order valence-electron chi connectivity index (χ0n) is 5.01. The summed E-state index contributed by atoms with van der Waals surface area (Å²) in [5.41, 5.74) is 0. The minimum absolute atomic E-state index is 0.365. The van der Waals surface area contributed by atoms with Crippen LogP contribution in [-0.4, -0.2) is 11.7 Å². The number of aliphatic hydroxyl groups is 1. The molecule has 0 aromatic rings. The van der Waals surface area contributed by atoms with Crippen molar-refractivity contribution >= 4 is 0 Å². The zero-order chi connectivity index (χ0) is 5.82. The van der Waals surface area contributed by atoms with Gasteiger partial charge in [-0.1, -0.05) is 12.2 Å². The van der Waals surface area contributed by atoms with Crippen LogP contribution in [-0.2, 0) is 0 Å². The number of allylic oxidation sites excluding steroid dienone is 2. The lowest BCUT2D eigenvalue weighted by atomic mass is 9.96. The predicted octanol–water partition coefficient (Wildman–Crippen LogP) is 1.33. The van der Waals surface area contributed by atoms with E-state index in [-0.39, 0.29) is 0 Å². The molecular weight excluding hydrogens is 100 g/mol. The van der Waals surface area contributed by atoms with Crippen LogP contribution in [0.15, 0.2) is 12.2 Å². The normalized spacial score (nSPS) is 28.4. The summed E-state index contributed by atoms with van der Waals surface area (Å²) in [5.74, 6) is 0.556. The molecule has 1 rings (SSSR count). The second kappa shape index (κ2) is 2.88. The van der Waals surface area contributed by atoms with Crippen molar-refractivity contribution in [3.63, 3.8) is 0 Å². The van der Waals surface area contributed by atoms with E-state index in [4.69, 9.17) is 5.11 Å². The van der Waals surface area contributed by atoms with Gasteiger partial charge in [0.1, 0.15) is 0 Å². The third-order valence-electron chi connectivity index (χ3n) is 1.64. The van der Waals surface area contributed by atoms with Crippen LogP contribution in [0.25, 0.3) is 0 Å². The number of rotatable bonds is 1. The fourth-order valence-electron chi connectivity index (χ4n) is 1.02. The van der Waals surface area contributed by atoms with Crippen LogP contribution in [0.4, 0.5) is 0 Å². The summed E-state index contributed by atoms with van der Waals surface area (Å²) in [6.07, 6.45) is 7.76. The molecular formula is C7H12O. The van der Waals surface area contributed by atoms with Gasteiger partial charge in [0.05, 0.1) is 0 Å². The van der Waals surface area contributed by atoms with Gasteiger partial charge >= 0.3 is 0 Å². The molecule has 0 saturated carbocycles. The summed E-state index contributed by atoms with van der Waals surface area (Å²) in [7, 11) is 0. The summed E-state index contributed by atoms with van der Waals surface area (Å²) in [5, 5.41) is 8.66. The molecule has 0 amide bonds. The van der Waals surface area contributed by atoms with E-state index in [1.807, 2.05) is 0 Å². The van der Waals surface area contributed by atoms with Gasteiger partial charge in [-0.3, -0.25) is 0 Å². The van der Waals surface area contributed by atoms with Gasteiger partial charge in [0.2, 0.25) is 0 Å². The molecule has 0 fully saturated rings. The highest BCUT2D eigenvalue weighted by Crippen LogP contribution is 2.16. The van der Waals surface area contributed by atoms with Crippen molar-refractivity contribution in [2.45, 2.75) is 19.3 Å². The molecule has 0 heterocycles. The Balaban J connectivity index is 2.27. The molecule has 0 spiro atoms. The Kier molecular flexibility index (Phi) is 2.10. The number of hydrogen-bond acceptors (Lipinski definition) is 1. The highest BCUT2D eigenvalue weighted by atomic mass is 16.3. The van der Waals surface area contributed by atoms with Crippen molar-refractivity contribution in [3.05, 3.63) is 12.2 Å². The smallest absolute Gasteiger partial charge is 0.0462 e. The molecule has 0 radical (unpaired) electrons. The van der Waals surface area contributed by atoms with Gasteiger partial charge in [-0.2, -0.15) is 0 Å². The first-order chi connectivity index (χ1) is 3.93. The Morgan fingerprint density at radius 1 is 1.50 bits per heavy atom. The second-order valence-corrected chi connectivity index (χ2v) is 2.33. The molecule has 46 valence electrons. The fourth-order valence-corrected chi connectivity index (χ4v) is 1.02. The second-order valence-electron chi connectivity index (χ2n) is 2.33. The van der Waals surface area contributed by atoms with Crippen LogP contribution in [0.2, 0.25) is 0 Å². The first kappa shape index (κ1) is 5.83. The van der Waals surface area contributed by atoms with Crippen molar-refractivity contribution in [3.8, 4) is 0 Å². The molecule has 0 bridgehead atoms. The highest BCUT2D eigenvalue weighted by molar-refractivity contribution is 4.89. The van der Waals surface area contributed by atoms with E-state index in [0.717, 1.165) is 12.8 Å². The van der Waals surface area contributed by atoms with E-state index in [1.165, 1.54) is 6.42 Å². The third kappa shape index (κ3) is 1.34. The molecule has 8 heavy (non-hydrogen) atoms. The first-order valence-corrected chi connectivity index (χ1v) is 3.19. The summed E-state index contributed by atoms with van der Waals surface area (Å²) in [4.78, 5) is 0. The minimum atomic E-state index is 0.365. The van der Waals surface area contributed by atoms with E-state index < -0.39 is 0 Å². The summed E-state index contributed by atoms with van der Waals surface area (Å²) < 4.78 is 0. The standard InChI is InChI=1S/C7H12O/c8-6-7-4-2-1-3-5-7/h1-2,7-8H,3-6H2/t7-/m1/s1. The number of aliphatic hydroxyl groups excluding tert-OH is 1. The fraction of sp³-hybridized carbons (Fsp3) is 0.714. The quantitative estimate of drug-likeness (QED) is 0.507. The van der Waals surface area contributed by atoms with Crippen molar-refractivity contribution < 1.29 is 5.11 Å². The SMILES string of the molecule is OC[C@@H]1CC=CCC1. The third-order valence-corrected chi connectivity index (χ3v) is 1.64. The lowest BCUT2D eigenvalue weighted by Gasteiger charge is -2.13. The lowest BCUT2D eigenvalue weighted by molar-refractivity contribution is 0.217. The van der Waals surface area contributed by atoms with E-state index >= 15 is 0 Å². The van der Waals surface area contributed by atoms with Crippen LogP contribution >= 0.6 is 0 Å². The average molecular weight is 112 g/mol. The van der Waals surface area contributed by atoms with Crippen LogP contribution in [0, 0.1) is 5.92 Å². The molecule has 0 unspecified atom stereocenters. The Hall–Kier alpha value is -0.300. The predicted molar refractivity (Wildman–Crippen MR) is 33.6 cm³/mol. The molecule has 1 N–H and O–H groups in total.